The topological polar surface area (TPSA) is 175 Å². The van der Waals surface area contributed by atoms with Crippen LogP contribution < -0.4 is 5.73 Å². The van der Waals surface area contributed by atoms with Crippen molar-refractivity contribution >= 4 is 32.0 Å². The SMILES string of the molecule is COC(=O)CN(C)C(N)=NP(=O)(OCCCCOC(=O)OCCCc1ccccc1)OCCCCOC(=O)OCCCc1ccccc1. The molecule has 266 valence electrons. The predicted molar refractivity (Wildman–Crippen MR) is 178 cm³/mol. The Morgan fingerprint density at radius 1 is 0.667 bits per heavy atom. The molecular weight excluding hydrogens is 645 g/mol. The van der Waals surface area contributed by atoms with Gasteiger partial charge < -0.3 is 34.3 Å². The van der Waals surface area contributed by atoms with Crippen molar-refractivity contribution in [3.05, 3.63) is 71.8 Å². The molecule has 0 aliphatic rings. The molecule has 2 aromatic carbocycles. The van der Waals surface area contributed by atoms with Crippen molar-refractivity contribution in [1.82, 2.24) is 4.90 Å². The Bertz CT molecular complexity index is 1210. The summed E-state index contributed by atoms with van der Waals surface area (Å²) in [6.07, 6.45) is 2.95. The molecule has 14 nitrogen and oxygen atoms in total. The molecule has 0 saturated carbocycles. The van der Waals surface area contributed by atoms with Gasteiger partial charge in [-0.3, -0.25) is 13.8 Å². The Hall–Kier alpha value is -4.13. The summed E-state index contributed by atoms with van der Waals surface area (Å²) in [6, 6.07) is 19.8. The van der Waals surface area contributed by atoms with Gasteiger partial charge >= 0.3 is 26.0 Å². The van der Waals surface area contributed by atoms with E-state index in [0.29, 0.717) is 38.5 Å². The molecule has 0 fully saturated rings. The van der Waals surface area contributed by atoms with Gasteiger partial charge in [-0.15, -0.1) is 4.76 Å². The third-order valence-electron chi connectivity index (χ3n) is 6.58. The molecule has 0 heterocycles. The molecule has 48 heavy (non-hydrogen) atoms. The molecule has 0 unspecified atom stereocenters. The van der Waals surface area contributed by atoms with Crippen LogP contribution in [0.25, 0.3) is 0 Å². The van der Waals surface area contributed by atoms with E-state index in [1.807, 2.05) is 60.7 Å². The van der Waals surface area contributed by atoms with Gasteiger partial charge in [-0.25, -0.2) is 14.2 Å². The molecular formula is C33H48N3O11P. The number of methoxy groups -OCH3 is 1. The van der Waals surface area contributed by atoms with Crippen molar-refractivity contribution in [2.45, 2.75) is 51.4 Å². The molecule has 0 aliphatic carbocycles. The number of carbonyl (C=O) groups excluding carboxylic acids is 3. The fourth-order valence-electron chi connectivity index (χ4n) is 3.95. The number of nitrogens with zero attached hydrogens (tertiary/aromatic N) is 2. The number of rotatable bonds is 23. The van der Waals surface area contributed by atoms with Crippen LogP contribution in [0.15, 0.2) is 65.4 Å². The van der Waals surface area contributed by atoms with Crippen LogP contribution in [0.1, 0.15) is 49.7 Å². The lowest BCUT2D eigenvalue weighted by Crippen LogP contribution is -2.38. The number of nitrogens with two attached hydrogens (primary N) is 1. The lowest BCUT2D eigenvalue weighted by molar-refractivity contribution is -0.140. The summed E-state index contributed by atoms with van der Waals surface area (Å²) in [5, 5.41) is 0. The maximum Gasteiger partial charge on any atom is 0.508 e. The van der Waals surface area contributed by atoms with Gasteiger partial charge in [0.25, 0.3) is 0 Å². The molecule has 0 aromatic heterocycles. The van der Waals surface area contributed by atoms with Crippen LogP contribution in [0.5, 0.6) is 0 Å². The van der Waals surface area contributed by atoms with Gasteiger partial charge in [-0.1, -0.05) is 60.7 Å². The van der Waals surface area contributed by atoms with Crippen molar-refractivity contribution in [1.29, 1.82) is 0 Å². The standard InChI is InChI=1S/C33H48N3O11P/c1-36(27-30(37)41-2)31(34)35-48(40,46-25-11-9-21-42-32(38)44-23-13-19-28-15-5-3-6-16-28)47-26-12-10-22-43-33(39)45-24-14-20-29-17-7-4-8-18-29/h3-8,15-18H,9-14,19-27H2,1-2H3,(H2,34,35,40). The lowest BCUT2D eigenvalue weighted by Gasteiger charge is -2.19. The lowest BCUT2D eigenvalue weighted by atomic mass is 10.1. The summed E-state index contributed by atoms with van der Waals surface area (Å²) < 4.78 is 53.2. The molecule has 0 aliphatic heterocycles. The summed E-state index contributed by atoms with van der Waals surface area (Å²) in [6.45, 7) is 0.334. The minimum Gasteiger partial charge on any atom is -0.468 e. The number of likely N-dealkylation sites (N-methyl/N-ethyl adjacent to an activating group) is 1. The number of guanidine groups is 1. The van der Waals surface area contributed by atoms with Crippen molar-refractivity contribution in [3.8, 4) is 0 Å². The first-order valence-electron chi connectivity index (χ1n) is 15.9. The summed E-state index contributed by atoms with van der Waals surface area (Å²) in [5.41, 5.74) is 8.26. The number of esters is 1. The van der Waals surface area contributed by atoms with E-state index in [1.54, 1.807) is 0 Å². The average molecular weight is 694 g/mol. The zero-order chi connectivity index (χ0) is 34.9. The van der Waals surface area contributed by atoms with Gasteiger partial charge in [0.05, 0.1) is 46.8 Å². The van der Waals surface area contributed by atoms with Crippen LogP contribution in [0.2, 0.25) is 0 Å². The van der Waals surface area contributed by atoms with Crippen LogP contribution >= 0.6 is 7.75 Å². The fraction of sp³-hybridized carbons (Fsp3) is 0.515. The molecule has 2 rings (SSSR count). The predicted octanol–water partition coefficient (Wildman–Crippen LogP) is 5.68. The number of unbranched alkanes of at least 4 members (excludes halogenated alkanes) is 2. The van der Waals surface area contributed by atoms with Crippen LogP contribution in [0.3, 0.4) is 0 Å². The molecule has 0 radical (unpaired) electrons. The van der Waals surface area contributed by atoms with Gasteiger partial charge in [-0.2, -0.15) is 0 Å². The second-order valence-electron chi connectivity index (χ2n) is 10.5. The minimum atomic E-state index is -4.10. The average Bonchev–Trinajstić information content (AvgIpc) is 3.09. The van der Waals surface area contributed by atoms with E-state index in [9.17, 15) is 18.9 Å². The quantitative estimate of drug-likeness (QED) is 0.0376. The van der Waals surface area contributed by atoms with Crippen LogP contribution in [-0.2, 0) is 54.9 Å². The zero-order valence-electron chi connectivity index (χ0n) is 27.8. The van der Waals surface area contributed by atoms with E-state index >= 15 is 0 Å². The number of benzene rings is 2. The number of ether oxygens (including phenoxy) is 5. The first kappa shape index (κ1) is 40.0. The van der Waals surface area contributed by atoms with Gasteiger partial charge in [-0.05, 0) is 62.5 Å². The van der Waals surface area contributed by atoms with Crippen LogP contribution in [0.4, 0.5) is 9.59 Å². The van der Waals surface area contributed by atoms with E-state index < -0.39 is 26.0 Å². The Morgan fingerprint density at radius 3 is 1.48 bits per heavy atom. The monoisotopic (exact) mass is 693 g/mol. The minimum absolute atomic E-state index is 0.0382. The Labute approximate surface area is 282 Å². The number of hydrogen-bond acceptors (Lipinski definition) is 11. The highest BCUT2D eigenvalue weighted by atomic mass is 31.2. The highest BCUT2D eigenvalue weighted by molar-refractivity contribution is 7.52. The zero-order valence-corrected chi connectivity index (χ0v) is 28.7. The first-order chi connectivity index (χ1) is 23.2. The normalized spacial score (nSPS) is 11.4. The van der Waals surface area contributed by atoms with Gasteiger partial charge in [0, 0.05) is 7.05 Å². The Balaban J connectivity index is 1.67. The smallest absolute Gasteiger partial charge is 0.468 e. The van der Waals surface area contributed by atoms with Crippen molar-refractivity contribution in [3.63, 3.8) is 0 Å². The molecule has 0 saturated heterocycles. The molecule has 0 amide bonds. The van der Waals surface area contributed by atoms with Crippen LogP contribution in [0, 0.1) is 0 Å². The number of aryl methyl sites for hydroxylation is 2. The molecule has 15 heteroatoms. The molecule has 0 bridgehead atoms. The molecule has 2 aromatic rings. The van der Waals surface area contributed by atoms with E-state index in [-0.39, 0.29) is 52.1 Å². The maximum atomic E-state index is 13.4. The highest BCUT2D eigenvalue weighted by Crippen LogP contribution is 2.50. The molecule has 0 spiro atoms. The fourth-order valence-corrected chi connectivity index (χ4v) is 5.26. The van der Waals surface area contributed by atoms with Crippen molar-refractivity contribution in [2.24, 2.45) is 10.5 Å². The largest absolute Gasteiger partial charge is 0.508 e. The highest BCUT2D eigenvalue weighted by Gasteiger charge is 2.26. The summed E-state index contributed by atoms with van der Waals surface area (Å²) in [7, 11) is -1.40. The Kier molecular flexibility index (Phi) is 20.1. The van der Waals surface area contributed by atoms with Crippen LogP contribution in [-0.4, -0.2) is 89.5 Å². The first-order valence-corrected chi connectivity index (χ1v) is 17.4. The van der Waals surface area contributed by atoms with E-state index in [0.717, 1.165) is 24.0 Å². The van der Waals surface area contributed by atoms with Gasteiger partial charge in [0.1, 0.15) is 6.54 Å². The second-order valence-corrected chi connectivity index (χ2v) is 12.2. The molecule has 2 N–H and O–H groups in total. The van der Waals surface area contributed by atoms with Gasteiger partial charge in [0.15, 0.2) is 0 Å². The summed E-state index contributed by atoms with van der Waals surface area (Å²) in [5.74, 6) is -0.822. The summed E-state index contributed by atoms with van der Waals surface area (Å²) in [4.78, 5) is 36.5. The maximum absolute atomic E-state index is 13.4. The Morgan fingerprint density at radius 2 is 1.06 bits per heavy atom. The second kappa shape index (κ2) is 24.1. The number of carbonyl (C=O) groups is 3. The van der Waals surface area contributed by atoms with E-state index in [4.69, 9.17) is 33.7 Å². The van der Waals surface area contributed by atoms with Crippen molar-refractivity contribution < 1.29 is 51.7 Å². The summed E-state index contributed by atoms with van der Waals surface area (Å²) >= 11 is 0. The number of hydrogen-bond donors (Lipinski definition) is 1. The third kappa shape index (κ3) is 18.9. The third-order valence-corrected chi connectivity index (χ3v) is 8.05. The van der Waals surface area contributed by atoms with Gasteiger partial charge in [0.2, 0.25) is 5.96 Å². The molecule has 0 atom stereocenters. The van der Waals surface area contributed by atoms with E-state index in [1.165, 1.54) is 19.1 Å². The van der Waals surface area contributed by atoms with E-state index in [2.05, 4.69) is 9.50 Å². The van der Waals surface area contributed by atoms with Crippen molar-refractivity contribution in [2.75, 3.05) is 60.3 Å².